The monoisotopic (exact) mass is 481 g/mol. The molecular formula is C20H28IN5O. The third-order valence-electron chi connectivity index (χ3n) is 4.03. The molecule has 1 amide bonds. The molecule has 0 aliphatic heterocycles. The van der Waals surface area contributed by atoms with Gasteiger partial charge in [-0.3, -0.25) is 9.79 Å². The van der Waals surface area contributed by atoms with Crippen LogP contribution in [0, 0.1) is 13.8 Å². The van der Waals surface area contributed by atoms with E-state index in [-0.39, 0.29) is 29.9 Å². The minimum atomic E-state index is -0.0763. The molecule has 27 heavy (non-hydrogen) atoms. The Morgan fingerprint density at radius 2 is 1.89 bits per heavy atom. The average Bonchev–Trinajstić information content (AvgIpc) is 2.60. The number of carbonyl (C=O) groups excluding carboxylic acids is 1. The number of halogens is 1. The van der Waals surface area contributed by atoms with Crippen molar-refractivity contribution in [3.8, 4) is 0 Å². The van der Waals surface area contributed by atoms with E-state index in [9.17, 15) is 4.79 Å². The number of anilines is 1. The van der Waals surface area contributed by atoms with Gasteiger partial charge in [0, 0.05) is 39.3 Å². The minimum absolute atomic E-state index is 0. The van der Waals surface area contributed by atoms with Crippen LogP contribution in [0.5, 0.6) is 0 Å². The van der Waals surface area contributed by atoms with Crippen molar-refractivity contribution >= 4 is 41.7 Å². The summed E-state index contributed by atoms with van der Waals surface area (Å²) in [6, 6.07) is 13.8. The summed E-state index contributed by atoms with van der Waals surface area (Å²) in [5.74, 6) is 1.26. The Labute approximate surface area is 178 Å². The van der Waals surface area contributed by atoms with E-state index in [0.29, 0.717) is 18.8 Å². The molecule has 0 aliphatic carbocycles. The zero-order chi connectivity index (χ0) is 18.9. The molecule has 0 radical (unpaired) electrons. The van der Waals surface area contributed by atoms with E-state index in [2.05, 4.69) is 39.7 Å². The lowest BCUT2D eigenvalue weighted by atomic mass is 10.1. The fraction of sp³-hybridized carbons (Fsp3) is 0.350. The Balaban J connectivity index is 0.00000364. The van der Waals surface area contributed by atoms with Gasteiger partial charge in [-0.15, -0.1) is 24.0 Å². The van der Waals surface area contributed by atoms with E-state index < -0.39 is 0 Å². The van der Waals surface area contributed by atoms with Gasteiger partial charge in [0.25, 0.3) is 0 Å². The Morgan fingerprint density at radius 1 is 1.15 bits per heavy atom. The summed E-state index contributed by atoms with van der Waals surface area (Å²) in [7, 11) is 3.73. The van der Waals surface area contributed by atoms with Crippen molar-refractivity contribution in [2.75, 3.05) is 26.0 Å². The SMILES string of the molecule is CN=C(NCCC(=O)Nc1cccc(C)n1)N(C)Cc1ccccc1C.I. The molecule has 0 spiro atoms. The van der Waals surface area contributed by atoms with Crippen molar-refractivity contribution in [2.45, 2.75) is 26.8 Å². The number of carbonyl (C=O) groups is 1. The summed E-state index contributed by atoms with van der Waals surface area (Å²) in [6.07, 6.45) is 0.340. The molecule has 7 heteroatoms. The number of hydrogen-bond acceptors (Lipinski definition) is 3. The standard InChI is InChI=1S/C20H27N5O.HI/c1-15-8-5-6-10-17(15)14-25(4)20(21-3)22-13-12-19(26)24-18-11-7-9-16(2)23-18;/h5-11H,12-14H2,1-4H3,(H,21,22)(H,23,24,26);1H. The topological polar surface area (TPSA) is 69.6 Å². The molecule has 2 rings (SSSR count). The van der Waals surface area contributed by atoms with Gasteiger partial charge in [-0.1, -0.05) is 30.3 Å². The second-order valence-corrected chi connectivity index (χ2v) is 6.22. The summed E-state index contributed by atoms with van der Waals surface area (Å²) in [5.41, 5.74) is 3.38. The molecule has 146 valence electrons. The maximum absolute atomic E-state index is 12.1. The van der Waals surface area contributed by atoms with E-state index in [1.165, 1.54) is 11.1 Å². The van der Waals surface area contributed by atoms with Gasteiger partial charge in [-0.05, 0) is 37.1 Å². The first-order valence-corrected chi connectivity index (χ1v) is 8.69. The number of aryl methyl sites for hydroxylation is 2. The van der Waals surface area contributed by atoms with E-state index in [1.54, 1.807) is 13.1 Å². The predicted octanol–water partition coefficient (Wildman–Crippen LogP) is 3.35. The predicted molar refractivity (Wildman–Crippen MR) is 122 cm³/mol. The highest BCUT2D eigenvalue weighted by Gasteiger charge is 2.09. The van der Waals surface area contributed by atoms with Crippen LogP contribution >= 0.6 is 24.0 Å². The summed E-state index contributed by atoms with van der Waals surface area (Å²) in [5, 5.41) is 6.04. The molecule has 0 saturated heterocycles. The maximum atomic E-state index is 12.1. The number of aromatic nitrogens is 1. The van der Waals surface area contributed by atoms with E-state index in [4.69, 9.17) is 0 Å². The number of aliphatic imine (C=N–C) groups is 1. The lowest BCUT2D eigenvalue weighted by Crippen LogP contribution is -2.39. The third kappa shape index (κ3) is 7.54. The molecule has 0 fully saturated rings. The van der Waals surface area contributed by atoms with Crippen LogP contribution in [-0.2, 0) is 11.3 Å². The van der Waals surface area contributed by atoms with Crippen LogP contribution in [0.2, 0.25) is 0 Å². The van der Waals surface area contributed by atoms with E-state index in [0.717, 1.165) is 18.2 Å². The number of hydrogen-bond donors (Lipinski definition) is 2. The Bertz CT molecular complexity index is 778. The van der Waals surface area contributed by atoms with Crippen LogP contribution in [0.1, 0.15) is 23.2 Å². The quantitative estimate of drug-likeness (QED) is 0.377. The van der Waals surface area contributed by atoms with Crippen molar-refractivity contribution in [2.24, 2.45) is 4.99 Å². The molecule has 1 heterocycles. The molecule has 0 aliphatic rings. The zero-order valence-electron chi connectivity index (χ0n) is 16.3. The van der Waals surface area contributed by atoms with Crippen LogP contribution in [0.4, 0.5) is 5.82 Å². The highest BCUT2D eigenvalue weighted by molar-refractivity contribution is 14.0. The van der Waals surface area contributed by atoms with Gasteiger partial charge in [0.1, 0.15) is 5.82 Å². The van der Waals surface area contributed by atoms with E-state index >= 15 is 0 Å². The maximum Gasteiger partial charge on any atom is 0.227 e. The molecule has 1 aromatic carbocycles. The summed E-state index contributed by atoms with van der Waals surface area (Å²) in [4.78, 5) is 22.7. The van der Waals surface area contributed by atoms with Gasteiger partial charge in [0.05, 0.1) is 0 Å². The number of amides is 1. The Morgan fingerprint density at radius 3 is 2.56 bits per heavy atom. The van der Waals surface area contributed by atoms with Gasteiger partial charge < -0.3 is 15.5 Å². The first-order chi connectivity index (χ1) is 12.5. The summed E-state index contributed by atoms with van der Waals surface area (Å²) < 4.78 is 0. The molecular weight excluding hydrogens is 453 g/mol. The molecule has 0 unspecified atom stereocenters. The lowest BCUT2D eigenvalue weighted by Gasteiger charge is -2.23. The highest BCUT2D eigenvalue weighted by Crippen LogP contribution is 2.09. The number of benzene rings is 1. The molecule has 2 aromatic rings. The van der Waals surface area contributed by atoms with Crippen molar-refractivity contribution in [3.63, 3.8) is 0 Å². The van der Waals surface area contributed by atoms with Gasteiger partial charge in [-0.25, -0.2) is 4.98 Å². The summed E-state index contributed by atoms with van der Waals surface area (Å²) in [6.45, 7) is 5.25. The van der Waals surface area contributed by atoms with Crippen LogP contribution in [-0.4, -0.2) is 42.4 Å². The molecule has 1 aromatic heterocycles. The Hall–Kier alpha value is -2.16. The third-order valence-corrected chi connectivity index (χ3v) is 4.03. The molecule has 0 saturated carbocycles. The zero-order valence-corrected chi connectivity index (χ0v) is 18.7. The largest absolute Gasteiger partial charge is 0.356 e. The Kier molecular flexibility index (Phi) is 9.77. The number of guanidine groups is 1. The first kappa shape index (κ1) is 22.9. The van der Waals surface area contributed by atoms with Crippen molar-refractivity contribution in [1.82, 2.24) is 15.2 Å². The van der Waals surface area contributed by atoms with Crippen molar-refractivity contribution in [1.29, 1.82) is 0 Å². The van der Waals surface area contributed by atoms with Gasteiger partial charge >= 0.3 is 0 Å². The van der Waals surface area contributed by atoms with Crippen LogP contribution < -0.4 is 10.6 Å². The van der Waals surface area contributed by atoms with Crippen LogP contribution in [0.25, 0.3) is 0 Å². The fourth-order valence-electron chi connectivity index (χ4n) is 2.61. The summed E-state index contributed by atoms with van der Waals surface area (Å²) >= 11 is 0. The lowest BCUT2D eigenvalue weighted by molar-refractivity contribution is -0.116. The smallest absolute Gasteiger partial charge is 0.227 e. The number of rotatable bonds is 6. The number of nitrogens with zero attached hydrogens (tertiary/aromatic N) is 3. The van der Waals surface area contributed by atoms with E-state index in [1.807, 2.05) is 43.1 Å². The minimum Gasteiger partial charge on any atom is -0.356 e. The number of nitrogens with one attached hydrogen (secondary N) is 2. The second-order valence-electron chi connectivity index (χ2n) is 6.22. The highest BCUT2D eigenvalue weighted by atomic mass is 127. The van der Waals surface area contributed by atoms with Gasteiger partial charge in [-0.2, -0.15) is 0 Å². The van der Waals surface area contributed by atoms with Crippen molar-refractivity contribution < 1.29 is 4.79 Å². The van der Waals surface area contributed by atoms with Crippen LogP contribution in [0.15, 0.2) is 47.5 Å². The molecule has 6 nitrogen and oxygen atoms in total. The van der Waals surface area contributed by atoms with Crippen LogP contribution in [0.3, 0.4) is 0 Å². The van der Waals surface area contributed by atoms with Crippen molar-refractivity contribution in [3.05, 3.63) is 59.3 Å². The molecule has 0 atom stereocenters. The molecule has 0 bridgehead atoms. The average molecular weight is 481 g/mol. The first-order valence-electron chi connectivity index (χ1n) is 8.69. The van der Waals surface area contributed by atoms with Gasteiger partial charge in [0.2, 0.25) is 5.91 Å². The van der Waals surface area contributed by atoms with Gasteiger partial charge in [0.15, 0.2) is 5.96 Å². The molecule has 2 N–H and O–H groups in total. The number of pyridine rings is 1. The normalized spacial score (nSPS) is 10.7. The second kappa shape index (κ2) is 11.5. The fourth-order valence-corrected chi connectivity index (χ4v) is 2.61.